The number of nitrogens with one attached hydrogen (secondary N) is 1. The van der Waals surface area contributed by atoms with Crippen LogP contribution in [-0.2, 0) is 12.8 Å². The summed E-state index contributed by atoms with van der Waals surface area (Å²) in [6.45, 7) is -0.414. The zero-order valence-corrected chi connectivity index (χ0v) is 8.49. The van der Waals surface area contributed by atoms with Crippen molar-refractivity contribution in [3.63, 3.8) is 0 Å². The van der Waals surface area contributed by atoms with Gasteiger partial charge in [0.15, 0.2) is 0 Å². The second-order valence-corrected chi connectivity index (χ2v) is 3.34. The topological polar surface area (TPSA) is 61.8 Å². The molecule has 0 aromatic carbocycles. The molecule has 0 radical (unpaired) electrons. The van der Waals surface area contributed by atoms with E-state index in [0.29, 0.717) is 0 Å². The largest absolute Gasteiger partial charge is 0.418 e. The van der Waals surface area contributed by atoms with Crippen molar-refractivity contribution in [2.24, 2.45) is 0 Å². The molecule has 0 aliphatic carbocycles. The lowest BCUT2D eigenvalue weighted by Gasteiger charge is -2.11. The maximum atomic E-state index is 12.7. The van der Waals surface area contributed by atoms with Crippen LogP contribution in [0.5, 0.6) is 0 Å². The van der Waals surface area contributed by atoms with Gasteiger partial charge in [-0.15, -0.1) is 0 Å². The minimum absolute atomic E-state index is 0.175. The molecule has 17 heavy (non-hydrogen) atoms. The van der Waals surface area contributed by atoms with Crippen molar-refractivity contribution in [1.29, 1.82) is 0 Å². The van der Waals surface area contributed by atoms with Crippen molar-refractivity contribution in [3.8, 4) is 11.3 Å². The molecule has 2 aromatic heterocycles. The number of hydrogen-bond donors (Lipinski definition) is 2. The van der Waals surface area contributed by atoms with Gasteiger partial charge < -0.3 is 5.11 Å². The van der Waals surface area contributed by atoms with E-state index in [-0.39, 0.29) is 17.0 Å². The zero-order valence-electron chi connectivity index (χ0n) is 8.49. The van der Waals surface area contributed by atoms with Gasteiger partial charge in [-0.05, 0) is 12.1 Å². The first kappa shape index (κ1) is 11.6. The van der Waals surface area contributed by atoms with Gasteiger partial charge in [-0.25, -0.2) is 4.98 Å². The average Bonchev–Trinajstić information content (AvgIpc) is 2.80. The highest BCUT2D eigenvalue weighted by atomic mass is 19.4. The minimum atomic E-state index is -4.49. The standard InChI is InChI=1S/C10H8F3N3O/c11-10(12,13)8-2-1-7(5-17)16-9(8)6-3-14-15-4-6/h1-4,17H,5H2,(H,14,15). The van der Waals surface area contributed by atoms with Crippen LogP contribution in [0.1, 0.15) is 11.3 Å². The van der Waals surface area contributed by atoms with Crippen LogP contribution in [-0.4, -0.2) is 20.3 Å². The number of hydrogen-bond acceptors (Lipinski definition) is 3. The Labute approximate surface area is 94.1 Å². The van der Waals surface area contributed by atoms with E-state index in [9.17, 15) is 13.2 Å². The minimum Gasteiger partial charge on any atom is -0.390 e. The molecular formula is C10H8F3N3O. The third-order valence-corrected chi connectivity index (χ3v) is 2.19. The molecule has 2 rings (SSSR count). The second kappa shape index (κ2) is 4.17. The van der Waals surface area contributed by atoms with Gasteiger partial charge in [-0.1, -0.05) is 0 Å². The summed E-state index contributed by atoms with van der Waals surface area (Å²) >= 11 is 0. The Morgan fingerprint density at radius 3 is 2.59 bits per heavy atom. The van der Waals surface area contributed by atoms with Crippen molar-refractivity contribution in [3.05, 3.63) is 35.8 Å². The number of pyridine rings is 1. The van der Waals surface area contributed by atoms with Crippen LogP contribution in [0.15, 0.2) is 24.5 Å². The van der Waals surface area contributed by atoms with E-state index in [1.54, 1.807) is 0 Å². The van der Waals surface area contributed by atoms with Gasteiger partial charge in [0.05, 0.1) is 29.8 Å². The fourth-order valence-electron chi connectivity index (χ4n) is 1.42. The van der Waals surface area contributed by atoms with Gasteiger partial charge >= 0.3 is 6.18 Å². The Morgan fingerprint density at radius 2 is 2.06 bits per heavy atom. The molecule has 0 amide bonds. The van der Waals surface area contributed by atoms with Crippen LogP contribution in [0, 0.1) is 0 Å². The van der Waals surface area contributed by atoms with Gasteiger partial charge in [0, 0.05) is 11.8 Å². The molecule has 0 bridgehead atoms. The van der Waals surface area contributed by atoms with Crippen molar-refractivity contribution in [2.75, 3.05) is 0 Å². The number of aromatic nitrogens is 3. The smallest absolute Gasteiger partial charge is 0.390 e. The normalized spacial score (nSPS) is 11.8. The van der Waals surface area contributed by atoms with Crippen molar-refractivity contribution in [1.82, 2.24) is 15.2 Å². The Morgan fingerprint density at radius 1 is 1.29 bits per heavy atom. The Kier molecular flexibility index (Phi) is 2.84. The number of rotatable bonds is 2. The van der Waals surface area contributed by atoms with Crippen LogP contribution < -0.4 is 0 Å². The molecule has 0 atom stereocenters. The first-order chi connectivity index (χ1) is 8.02. The first-order valence-electron chi connectivity index (χ1n) is 4.69. The molecule has 0 aliphatic heterocycles. The molecule has 90 valence electrons. The molecule has 0 spiro atoms. The lowest BCUT2D eigenvalue weighted by molar-refractivity contribution is -0.137. The van der Waals surface area contributed by atoms with Gasteiger partial charge in [-0.2, -0.15) is 18.3 Å². The first-order valence-corrected chi connectivity index (χ1v) is 4.69. The maximum absolute atomic E-state index is 12.7. The number of H-pyrrole nitrogens is 1. The lowest BCUT2D eigenvalue weighted by Crippen LogP contribution is -2.09. The average molecular weight is 243 g/mol. The molecule has 0 saturated carbocycles. The molecule has 4 nitrogen and oxygen atoms in total. The number of aliphatic hydroxyl groups excluding tert-OH is 1. The highest BCUT2D eigenvalue weighted by Gasteiger charge is 2.34. The molecular weight excluding hydrogens is 235 g/mol. The molecule has 0 unspecified atom stereocenters. The summed E-state index contributed by atoms with van der Waals surface area (Å²) in [5.41, 5.74) is -0.685. The van der Waals surface area contributed by atoms with Crippen LogP contribution in [0.3, 0.4) is 0 Å². The molecule has 2 aromatic rings. The highest BCUT2D eigenvalue weighted by molar-refractivity contribution is 5.62. The fourth-order valence-corrected chi connectivity index (χ4v) is 1.42. The van der Waals surface area contributed by atoms with E-state index in [1.807, 2.05) is 0 Å². The fraction of sp³-hybridized carbons (Fsp3) is 0.200. The van der Waals surface area contributed by atoms with E-state index in [2.05, 4.69) is 15.2 Å². The summed E-state index contributed by atoms with van der Waals surface area (Å²) in [6.07, 6.45) is -1.93. The monoisotopic (exact) mass is 243 g/mol. The summed E-state index contributed by atoms with van der Waals surface area (Å²) in [5, 5.41) is 14.9. The van der Waals surface area contributed by atoms with E-state index in [0.717, 1.165) is 12.1 Å². The summed E-state index contributed by atoms with van der Waals surface area (Å²) in [6, 6.07) is 2.05. The van der Waals surface area contributed by atoms with Crippen LogP contribution in [0.4, 0.5) is 13.2 Å². The number of aliphatic hydroxyl groups is 1. The summed E-state index contributed by atoms with van der Waals surface area (Å²) in [7, 11) is 0. The molecule has 2 N–H and O–H groups in total. The van der Waals surface area contributed by atoms with Gasteiger partial charge in [0.25, 0.3) is 0 Å². The second-order valence-electron chi connectivity index (χ2n) is 3.34. The van der Waals surface area contributed by atoms with Gasteiger partial charge in [0.2, 0.25) is 0 Å². The predicted molar refractivity (Wildman–Crippen MR) is 52.7 cm³/mol. The molecule has 0 aliphatic rings. The molecule has 7 heteroatoms. The maximum Gasteiger partial charge on any atom is 0.418 e. The van der Waals surface area contributed by atoms with Crippen molar-refractivity contribution in [2.45, 2.75) is 12.8 Å². The van der Waals surface area contributed by atoms with Gasteiger partial charge in [0.1, 0.15) is 0 Å². The molecule has 0 fully saturated rings. The Balaban J connectivity index is 2.61. The molecule has 0 saturated heterocycles. The SMILES string of the molecule is OCc1ccc(C(F)(F)F)c(-c2cn[nH]c2)n1. The Bertz CT molecular complexity index is 508. The van der Waals surface area contributed by atoms with Crippen molar-refractivity contribution < 1.29 is 18.3 Å². The number of halogens is 3. The summed E-state index contributed by atoms with van der Waals surface area (Å²) < 4.78 is 38.2. The van der Waals surface area contributed by atoms with Crippen LogP contribution in [0.25, 0.3) is 11.3 Å². The number of alkyl halides is 3. The summed E-state index contributed by atoms with van der Waals surface area (Å²) in [4.78, 5) is 3.77. The quantitative estimate of drug-likeness (QED) is 0.847. The zero-order chi connectivity index (χ0) is 12.5. The third kappa shape index (κ3) is 2.28. The van der Waals surface area contributed by atoms with Crippen LogP contribution >= 0.6 is 0 Å². The third-order valence-electron chi connectivity index (χ3n) is 2.19. The lowest BCUT2D eigenvalue weighted by atomic mass is 10.1. The molecule has 2 heterocycles. The number of aromatic amines is 1. The number of nitrogens with zero attached hydrogens (tertiary/aromatic N) is 2. The Hall–Kier alpha value is -1.89. The van der Waals surface area contributed by atoms with Crippen molar-refractivity contribution >= 4 is 0 Å². The predicted octanol–water partition coefficient (Wildman–Crippen LogP) is 1.98. The van der Waals surface area contributed by atoms with E-state index in [1.165, 1.54) is 12.4 Å². The van der Waals surface area contributed by atoms with E-state index < -0.39 is 18.3 Å². The van der Waals surface area contributed by atoms with E-state index in [4.69, 9.17) is 5.11 Å². The van der Waals surface area contributed by atoms with E-state index >= 15 is 0 Å². The van der Waals surface area contributed by atoms with Crippen LogP contribution in [0.2, 0.25) is 0 Å². The highest BCUT2D eigenvalue weighted by Crippen LogP contribution is 2.35. The van der Waals surface area contributed by atoms with Gasteiger partial charge in [-0.3, -0.25) is 5.10 Å². The summed E-state index contributed by atoms with van der Waals surface area (Å²) in [5.74, 6) is 0.